The summed E-state index contributed by atoms with van der Waals surface area (Å²) in [5.74, 6) is -2.21. The Morgan fingerprint density at radius 2 is 1.48 bits per heavy atom. The minimum atomic E-state index is -1.48. The van der Waals surface area contributed by atoms with Gasteiger partial charge in [0, 0.05) is 24.6 Å². The van der Waals surface area contributed by atoms with Crippen molar-refractivity contribution in [3.05, 3.63) is 54.1 Å². The van der Waals surface area contributed by atoms with Crippen LogP contribution in [0.3, 0.4) is 0 Å². The van der Waals surface area contributed by atoms with Gasteiger partial charge in [-0.25, -0.2) is 5.48 Å². The molecule has 0 radical (unpaired) electrons. The number of benzene rings is 2. The first-order valence-electron chi connectivity index (χ1n) is 8.10. The van der Waals surface area contributed by atoms with E-state index in [9.17, 15) is 14.4 Å². The van der Waals surface area contributed by atoms with Gasteiger partial charge >= 0.3 is 0 Å². The summed E-state index contributed by atoms with van der Waals surface area (Å²) in [6, 6.07) is 13.4. The molecule has 0 bridgehead atoms. The summed E-state index contributed by atoms with van der Waals surface area (Å²) in [5, 5.41) is 11.1. The molecule has 0 aliphatic carbocycles. The van der Waals surface area contributed by atoms with Crippen LogP contribution < -0.4 is 10.8 Å². The fraction of sp³-hybridized carbons (Fsp3) is 0.211. The molecule has 0 aromatic heterocycles. The molecule has 2 aromatic rings. The quantitative estimate of drug-likeness (QED) is 0.304. The Morgan fingerprint density at radius 3 is 1.93 bits per heavy atom. The van der Waals surface area contributed by atoms with Gasteiger partial charge in [0.1, 0.15) is 0 Å². The van der Waals surface area contributed by atoms with E-state index in [-0.39, 0.29) is 0 Å². The van der Waals surface area contributed by atoms with Gasteiger partial charge in [-0.2, -0.15) is 0 Å². The number of carbonyl (C=O) groups is 3. The van der Waals surface area contributed by atoms with Gasteiger partial charge in [0.05, 0.1) is 0 Å². The standard InChI is InChI=1S/C19H21N3O4S/c1-20-17(23)16(18(24)21-26)22(2)19(25)14-6-4-12(5-7-14)13-8-10-15(27-3)11-9-13/h4-11,16,26H,1-3H3,(H,20,23)(H,21,24). The van der Waals surface area contributed by atoms with Crippen molar-refractivity contribution in [3.8, 4) is 11.1 Å². The van der Waals surface area contributed by atoms with Gasteiger partial charge in [0.15, 0.2) is 6.04 Å². The largest absolute Gasteiger partial charge is 0.357 e. The molecule has 3 N–H and O–H groups in total. The van der Waals surface area contributed by atoms with Gasteiger partial charge in [-0.1, -0.05) is 24.3 Å². The number of hydrogen-bond donors (Lipinski definition) is 3. The second kappa shape index (κ2) is 9.20. The van der Waals surface area contributed by atoms with Gasteiger partial charge in [-0.15, -0.1) is 11.8 Å². The van der Waals surface area contributed by atoms with Crippen LogP contribution in [-0.2, 0) is 9.59 Å². The number of likely N-dealkylation sites (N-methyl/N-ethyl adjacent to an activating group) is 2. The second-order valence-electron chi connectivity index (χ2n) is 5.71. The number of amides is 3. The maximum atomic E-state index is 12.6. The maximum Gasteiger partial charge on any atom is 0.275 e. The number of carbonyl (C=O) groups excluding carboxylic acids is 3. The maximum absolute atomic E-state index is 12.6. The summed E-state index contributed by atoms with van der Waals surface area (Å²) in [4.78, 5) is 38.4. The van der Waals surface area contributed by atoms with Gasteiger partial charge in [-0.3, -0.25) is 19.6 Å². The lowest BCUT2D eigenvalue weighted by Gasteiger charge is -2.25. The molecule has 1 unspecified atom stereocenters. The van der Waals surface area contributed by atoms with Crippen LogP contribution in [0.15, 0.2) is 53.4 Å². The highest BCUT2D eigenvalue weighted by Gasteiger charge is 2.33. The number of hydroxylamine groups is 1. The molecule has 0 saturated carbocycles. The molecule has 0 saturated heterocycles. The third-order valence-electron chi connectivity index (χ3n) is 4.12. The fourth-order valence-corrected chi connectivity index (χ4v) is 2.99. The van der Waals surface area contributed by atoms with Gasteiger partial charge in [0.2, 0.25) is 0 Å². The van der Waals surface area contributed by atoms with E-state index in [1.807, 2.05) is 30.5 Å². The van der Waals surface area contributed by atoms with E-state index in [4.69, 9.17) is 5.21 Å². The summed E-state index contributed by atoms with van der Waals surface area (Å²) in [7, 11) is 2.67. The number of hydrogen-bond acceptors (Lipinski definition) is 5. The molecule has 8 heteroatoms. The van der Waals surface area contributed by atoms with Crippen molar-refractivity contribution in [2.24, 2.45) is 0 Å². The number of nitrogens with one attached hydrogen (secondary N) is 2. The monoisotopic (exact) mass is 387 g/mol. The Labute approximate surface area is 161 Å². The zero-order chi connectivity index (χ0) is 20.0. The van der Waals surface area contributed by atoms with Crippen LogP contribution in [0.4, 0.5) is 0 Å². The Hall–Kier alpha value is -2.84. The second-order valence-corrected chi connectivity index (χ2v) is 6.59. The third-order valence-corrected chi connectivity index (χ3v) is 4.86. The zero-order valence-corrected chi connectivity index (χ0v) is 16.0. The molecule has 0 aliphatic heterocycles. The molecule has 0 fully saturated rings. The molecular formula is C19H21N3O4S. The smallest absolute Gasteiger partial charge is 0.275 e. The van der Waals surface area contributed by atoms with Crippen molar-refractivity contribution in [2.75, 3.05) is 20.4 Å². The molecule has 3 amide bonds. The van der Waals surface area contributed by atoms with E-state index in [0.29, 0.717) is 5.56 Å². The van der Waals surface area contributed by atoms with Crippen LogP contribution in [0.5, 0.6) is 0 Å². The van der Waals surface area contributed by atoms with Crippen molar-refractivity contribution in [3.63, 3.8) is 0 Å². The molecule has 0 spiro atoms. The van der Waals surface area contributed by atoms with Crippen LogP contribution in [0.25, 0.3) is 11.1 Å². The predicted molar refractivity (Wildman–Crippen MR) is 104 cm³/mol. The Balaban J connectivity index is 2.22. The zero-order valence-electron chi connectivity index (χ0n) is 15.2. The number of thioether (sulfide) groups is 1. The topological polar surface area (TPSA) is 98.7 Å². The van der Waals surface area contributed by atoms with Crippen molar-refractivity contribution < 1.29 is 19.6 Å². The van der Waals surface area contributed by atoms with Gasteiger partial charge < -0.3 is 10.2 Å². The summed E-state index contributed by atoms with van der Waals surface area (Å²) in [6.45, 7) is 0. The number of rotatable bonds is 6. The lowest BCUT2D eigenvalue weighted by molar-refractivity contribution is -0.140. The van der Waals surface area contributed by atoms with E-state index in [2.05, 4.69) is 5.32 Å². The first-order chi connectivity index (χ1) is 12.9. The molecule has 7 nitrogen and oxygen atoms in total. The number of nitrogens with zero attached hydrogens (tertiary/aromatic N) is 1. The van der Waals surface area contributed by atoms with E-state index < -0.39 is 23.8 Å². The van der Waals surface area contributed by atoms with Gasteiger partial charge in [0.25, 0.3) is 17.7 Å². The lowest BCUT2D eigenvalue weighted by atomic mass is 10.0. The van der Waals surface area contributed by atoms with Crippen LogP contribution in [0, 0.1) is 0 Å². The Kier molecular flexibility index (Phi) is 6.98. The molecule has 1 atom stereocenters. The SMILES string of the molecule is CNC(=O)C(C(=O)NO)N(C)C(=O)c1ccc(-c2ccc(SC)cc2)cc1. The van der Waals surface area contributed by atoms with E-state index in [1.165, 1.54) is 19.6 Å². The molecular weight excluding hydrogens is 366 g/mol. The minimum Gasteiger partial charge on any atom is -0.357 e. The predicted octanol–water partition coefficient (Wildman–Crippen LogP) is 1.77. The van der Waals surface area contributed by atoms with E-state index in [1.54, 1.807) is 36.0 Å². The third kappa shape index (κ3) is 4.66. The first kappa shape index (κ1) is 20.5. The first-order valence-corrected chi connectivity index (χ1v) is 9.32. The van der Waals surface area contributed by atoms with E-state index in [0.717, 1.165) is 20.9 Å². The molecule has 2 rings (SSSR count). The lowest BCUT2D eigenvalue weighted by Crippen LogP contribution is -2.54. The highest BCUT2D eigenvalue weighted by atomic mass is 32.2. The van der Waals surface area contributed by atoms with Crippen molar-refractivity contribution in [1.29, 1.82) is 0 Å². The molecule has 0 aliphatic rings. The molecule has 2 aromatic carbocycles. The fourth-order valence-electron chi connectivity index (χ4n) is 2.58. The summed E-state index contributed by atoms with van der Waals surface area (Å²) in [6.07, 6.45) is 2.01. The summed E-state index contributed by atoms with van der Waals surface area (Å²) in [5.41, 5.74) is 3.69. The Bertz CT molecular complexity index is 806. The highest BCUT2D eigenvalue weighted by Crippen LogP contribution is 2.23. The summed E-state index contributed by atoms with van der Waals surface area (Å²) < 4.78 is 0. The van der Waals surface area contributed by atoms with Crippen LogP contribution in [0.2, 0.25) is 0 Å². The molecule has 142 valence electrons. The van der Waals surface area contributed by atoms with Crippen LogP contribution >= 0.6 is 11.8 Å². The Morgan fingerprint density at radius 1 is 0.963 bits per heavy atom. The van der Waals surface area contributed by atoms with Crippen LogP contribution in [0.1, 0.15) is 10.4 Å². The highest BCUT2D eigenvalue weighted by molar-refractivity contribution is 7.98. The summed E-state index contributed by atoms with van der Waals surface area (Å²) >= 11 is 1.66. The molecule has 0 heterocycles. The van der Waals surface area contributed by atoms with Crippen molar-refractivity contribution in [1.82, 2.24) is 15.7 Å². The average Bonchev–Trinajstić information content (AvgIpc) is 2.73. The average molecular weight is 387 g/mol. The van der Waals surface area contributed by atoms with E-state index >= 15 is 0 Å². The van der Waals surface area contributed by atoms with Gasteiger partial charge in [-0.05, 0) is 41.6 Å². The van der Waals surface area contributed by atoms with Crippen molar-refractivity contribution >= 4 is 29.5 Å². The minimum absolute atomic E-state index is 0.321. The molecule has 27 heavy (non-hydrogen) atoms. The normalized spacial score (nSPS) is 11.4. The van der Waals surface area contributed by atoms with Crippen molar-refractivity contribution in [2.45, 2.75) is 10.9 Å². The van der Waals surface area contributed by atoms with Crippen LogP contribution in [-0.4, -0.2) is 54.2 Å².